The summed E-state index contributed by atoms with van der Waals surface area (Å²) >= 11 is 5.77. The summed E-state index contributed by atoms with van der Waals surface area (Å²) in [7, 11) is 0. The van der Waals surface area contributed by atoms with E-state index in [0.29, 0.717) is 11.6 Å². The van der Waals surface area contributed by atoms with Crippen LogP contribution in [0.2, 0.25) is 5.02 Å². The second-order valence-corrected chi connectivity index (χ2v) is 4.14. The summed E-state index contributed by atoms with van der Waals surface area (Å²) in [6.07, 6.45) is 0. The molecule has 1 aromatic carbocycles. The van der Waals surface area contributed by atoms with Crippen molar-refractivity contribution in [3.05, 3.63) is 28.8 Å². The van der Waals surface area contributed by atoms with Crippen LogP contribution in [-0.2, 0) is 4.79 Å². The number of hydrogen-bond acceptors (Lipinski definition) is 4. The molecular formula is C12H14ClN3O4. The van der Waals surface area contributed by atoms with E-state index in [9.17, 15) is 14.4 Å². The molecule has 0 fully saturated rings. The largest absolute Gasteiger partial charge is 0.483 e. The molecule has 7 nitrogen and oxygen atoms in total. The van der Waals surface area contributed by atoms with Crippen LogP contribution in [0.3, 0.4) is 0 Å². The maximum Gasteiger partial charge on any atom is 0.321 e. The van der Waals surface area contributed by atoms with Gasteiger partial charge in [-0.05, 0) is 25.1 Å². The lowest BCUT2D eigenvalue weighted by atomic mass is 10.2. The average Bonchev–Trinajstić information content (AvgIpc) is 2.36. The maximum absolute atomic E-state index is 11.4. The van der Waals surface area contributed by atoms with Gasteiger partial charge in [0.25, 0.3) is 11.8 Å². The van der Waals surface area contributed by atoms with Gasteiger partial charge in [0.2, 0.25) is 0 Å². The maximum atomic E-state index is 11.4. The molecule has 0 aromatic heterocycles. The number of halogens is 1. The summed E-state index contributed by atoms with van der Waals surface area (Å²) in [6, 6.07) is 3.61. The van der Waals surface area contributed by atoms with Crippen LogP contribution in [-0.4, -0.2) is 31.0 Å². The first-order valence-electron chi connectivity index (χ1n) is 5.74. The van der Waals surface area contributed by atoms with Gasteiger partial charge in [0.1, 0.15) is 5.75 Å². The van der Waals surface area contributed by atoms with Crippen LogP contribution in [0.25, 0.3) is 0 Å². The molecule has 0 heterocycles. The van der Waals surface area contributed by atoms with Crippen molar-refractivity contribution in [3.63, 3.8) is 0 Å². The van der Waals surface area contributed by atoms with Gasteiger partial charge in [-0.1, -0.05) is 11.6 Å². The molecule has 8 heteroatoms. The van der Waals surface area contributed by atoms with Crippen LogP contribution >= 0.6 is 11.6 Å². The Hall–Kier alpha value is -2.28. The molecule has 0 saturated heterocycles. The highest BCUT2D eigenvalue weighted by atomic mass is 35.5. The number of benzene rings is 1. The van der Waals surface area contributed by atoms with Crippen LogP contribution in [0.4, 0.5) is 4.79 Å². The Labute approximate surface area is 120 Å². The minimum absolute atomic E-state index is 0.0797. The summed E-state index contributed by atoms with van der Waals surface area (Å²) in [5.74, 6) is -1.29. The first-order valence-corrected chi connectivity index (χ1v) is 6.11. The summed E-state index contributed by atoms with van der Waals surface area (Å²) in [4.78, 5) is 33.7. The van der Waals surface area contributed by atoms with E-state index in [1.807, 2.05) is 0 Å². The number of nitrogens with one attached hydrogen (secondary N) is 2. The molecule has 0 spiro atoms. The zero-order valence-electron chi connectivity index (χ0n) is 10.7. The van der Waals surface area contributed by atoms with E-state index in [2.05, 4.69) is 10.6 Å². The van der Waals surface area contributed by atoms with Crippen LogP contribution in [0, 0.1) is 0 Å². The minimum atomic E-state index is -0.708. The molecule has 4 N–H and O–H groups in total. The van der Waals surface area contributed by atoms with E-state index in [1.54, 1.807) is 6.92 Å². The Morgan fingerprint density at radius 1 is 1.35 bits per heavy atom. The van der Waals surface area contributed by atoms with Crippen molar-refractivity contribution in [2.24, 2.45) is 5.73 Å². The van der Waals surface area contributed by atoms with E-state index >= 15 is 0 Å². The Balaban J connectivity index is 2.65. The molecule has 0 bridgehead atoms. The van der Waals surface area contributed by atoms with Crippen molar-refractivity contribution in [2.75, 3.05) is 13.2 Å². The van der Waals surface area contributed by atoms with Gasteiger partial charge in [0, 0.05) is 11.6 Å². The molecule has 1 rings (SSSR count). The van der Waals surface area contributed by atoms with Crippen LogP contribution in [0.15, 0.2) is 18.2 Å². The third kappa shape index (κ3) is 4.77. The zero-order valence-corrected chi connectivity index (χ0v) is 11.5. The molecule has 0 aliphatic carbocycles. The number of hydrogen-bond donors (Lipinski definition) is 3. The highest BCUT2D eigenvalue weighted by Gasteiger charge is 2.13. The van der Waals surface area contributed by atoms with Crippen molar-refractivity contribution < 1.29 is 19.1 Å². The second kappa shape index (κ2) is 7.34. The first kappa shape index (κ1) is 15.8. The van der Waals surface area contributed by atoms with Crippen molar-refractivity contribution in [2.45, 2.75) is 6.92 Å². The van der Waals surface area contributed by atoms with Gasteiger partial charge in [-0.25, -0.2) is 4.79 Å². The molecule has 0 unspecified atom stereocenters. The highest BCUT2D eigenvalue weighted by Crippen LogP contribution is 2.22. The lowest BCUT2D eigenvalue weighted by molar-refractivity contribution is -0.122. The van der Waals surface area contributed by atoms with E-state index in [-0.39, 0.29) is 11.3 Å². The molecule has 108 valence electrons. The zero-order chi connectivity index (χ0) is 15.1. The predicted molar refractivity (Wildman–Crippen MR) is 72.7 cm³/mol. The minimum Gasteiger partial charge on any atom is -0.483 e. The predicted octanol–water partition coefficient (Wildman–Crippen LogP) is 0.663. The number of carbonyl (C=O) groups excluding carboxylic acids is 3. The van der Waals surface area contributed by atoms with Gasteiger partial charge >= 0.3 is 6.03 Å². The van der Waals surface area contributed by atoms with Crippen molar-refractivity contribution in [1.29, 1.82) is 0 Å². The second-order valence-electron chi connectivity index (χ2n) is 3.70. The molecule has 0 saturated carbocycles. The Morgan fingerprint density at radius 2 is 2.05 bits per heavy atom. The summed E-state index contributed by atoms with van der Waals surface area (Å²) in [6.45, 7) is 1.66. The average molecular weight is 300 g/mol. The standard InChI is InChI=1S/C12H14ClN3O4/c1-2-15-12(19)16-10(17)6-20-9-5-7(13)3-4-8(9)11(14)18/h3-5H,2,6H2,1H3,(H2,14,18)(H2,15,16,17,19). The van der Waals surface area contributed by atoms with Gasteiger partial charge in [-0.15, -0.1) is 0 Å². The van der Waals surface area contributed by atoms with E-state index in [0.717, 1.165) is 0 Å². The molecule has 0 aliphatic heterocycles. The molecule has 1 aromatic rings. The number of imide groups is 1. The fourth-order valence-corrected chi connectivity index (χ4v) is 1.49. The lowest BCUT2D eigenvalue weighted by Crippen LogP contribution is -2.41. The van der Waals surface area contributed by atoms with E-state index in [1.165, 1.54) is 18.2 Å². The smallest absolute Gasteiger partial charge is 0.321 e. The molecule has 0 atom stereocenters. The van der Waals surface area contributed by atoms with Gasteiger partial charge in [0.05, 0.1) is 5.56 Å². The monoisotopic (exact) mass is 299 g/mol. The van der Waals surface area contributed by atoms with Crippen molar-refractivity contribution >= 4 is 29.4 Å². The van der Waals surface area contributed by atoms with Crippen LogP contribution < -0.4 is 21.1 Å². The Kier molecular flexibility index (Phi) is 5.79. The van der Waals surface area contributed by atoms with Gasteiger partial charge in [-0.2, -0.15) is 0 Å². The summed E-state index contributed by atoms with van der Waals surface area (Å²) in [5.41, 5.74) is 5.26. The first-order chi connectivity index (χ1) is 9.43. The van der Waals surface area contributed by atoms with Crippen molar-refractivity contribution in [1.82, 2.24) is 10.6 Å². The molecule has 0 aliphatic rings. The van der Waals surface area contributed by atoms with Crippen LogP contribution in [0.1, 0.15) is 17.3 Å². The lowest BCUT2D eigenvalue weighted by Gasteiger charge is -2.10. The summed E-state index contributed by atoms with van der Waals surface area (Å²) < 4.78 is 5.14. The molecule has 20 heavy (non-hydrogen) atoms. The number of urea groups is 1. The fourth-order valence-electron chi connectivity index (χ4n) is 1.33. The Morgan fingerprint density at radius 3 is 2.65 bits per heavy atom. The molecule has 0 radical (unpaired) electrons. The number of carbonyl (C=O) groups is 3. The number of primary amides is 1. The SMILES string of the molecule is CCNC(=O)NC(=O)COc1cc(Cl)ccc1C(N)=O. The number of nitrogens with two attached hydrogens (primary N) is 1. The van der Waals surface area contributed by atoms with Gasteiger partial charge in [0.15, 0.2) is 6.61 Å². The summed E-state index contributed by atoms with van der Waals surface area (Å²) in [5, 5.41) is 4.77. The quantitative estimate of drug-likeness (QED) is 0.741. The van der Waals surface area contributed by atoms with E-state index < -0.39 is 24.5 Å². The van der Waals surface area contributed by atoms with Crippen LogP contribution in [0.5, 0.6) is 5.75 Å². The Bertz CT molecular complexity index is 533. The number of rotatable bonds is 5. The number of amides is 4. The topological polar surface area (TPSA) is 111 Å². The van der Waals surface area contributed by atoms with Crippen molar-refractivity contribution in [3.8, 4) is 5.75 Å². The highest BCUT2D eigenvalue weighted by molar-refractivity contribution is 6.30. The van der Waals surface area contributed by atoms with Gasteiger partial charge in [-0.3, -0.25) is 14.9 Å². The number of ether oxygens (including phenoxy) is 1. The van der Waals surface area contributed by atoms with Gasteiger partial charge < -0.3 is 15.8 Å². The normalized spacial score (nSPS) is 9.70. The van der Waals surface area contributed by atoms with E-state index in [4.69, 9.17) is 22.1 Å². The fraction of sp³-hybridized carbons (Fsp3) is 0.250. The third-order valence-electron chi connectivity index (χ3n) is 2.16. The third-order valence-corrected chi connectivity index (χ3v) is 2.39. The molecule has 4 amide bonds. The molecular weight excluding hydrogens is 286 g/mol.